The Balaban J connectivity index is 1.92. The number of nitrogens with one attached hydrogen (secondary N) is 2. The summed E-state index contributed by atoms with van der Waals surface area (Å²) < 4.78 is 4.58. The molecule has 1 atom stereocenters. The quantitative estimate of drug-likeness (QED) is 0.537. The van der Waals surface area contributed by atoms with Crippen LogP contribution in [-0.2, 0) is 14.3 Å². The van der Waals surface area contributed by atoms with E-state index >= 15 is 0 Å². The van der Waals surface area contributed by atoms with Crippen LogP contribution in [0.2, 0.25) is 0 Å². The number of rotatable bonds is 9. The first-order valence-corrected chi connectivity index (χ1v) is 8.78. The van der Waals surface area contributed by atoms with E-state index in [-0.39, 0.29) is 24.5 Å². The maximum absolute atomic E-state index is 12.1. The minimum atomic E-state index is -0.263. The first kappa shape index (κ1) is 19.7. The van der Waals surface area contributed by atoms with Crippen LogP contribution >= 0.6 is 0 Å². The minimum Gasteiger partial charge on any atom is -0.469 e. The molecule has 2 N–H and O–H groups in total. The summed E-state index contributed by atoms with van der Waals surface area (Å²) in [6.45, 7) is 2.71. The monoisotopic (exact) mass is 354 g/mol. The summed E-state index contributed by atoms with van der Waals surface area (Å²) in [7, 11) is 1.36. The van der Waals surface area contributed by atoms with Crippen molar-refractivity contribution in [2.45, 2.75) is 25.8 Å². The van der Waals surface area contributed by atoms with Gasteiger partial charge in [0.25, 0.3) is 0 Å². The molecule has 0 heterocycles. The van der Waals surface area contributed by atoms with Gasteiger partial charge in [0, 0.05) is 13.0 Å². The molecule has 0 unspecified atom stereocenters. The van der Waals surface area contributed by atoms with Gasteiger partial charge in [0.15, 0.2) is 0 Å². The van der Waals surface area contributed by atoms with Gasteiger partial charge >= 0.3 is 5.97 Å². The Hall–Kier alpha value is -2.66. The van der Waals surface area contributed by atoms with E-state index in [0.717, 1.165) is 11.1 Å². The molecule has 0 aliphatic carbocycles. The van der Waals surface area contributed by atoms with Crippen LogP contribution in [-0.4, -0.2) is 32.1 Å². The van der Waals surface area contributed by atoms with Gasteiger partial charge in [-0.1, -0.05) is 60.2 Å². The standard InChI is InChI=1S/C21H26N2O3/c1-16-10-12-18(13-11-16)21(17-7-4-3-5-8-17)23-15-19(24)22-14-6-9-20(25)26-2/h3-5,7-8,10-13,21,23H,6,9,14-15H2,1-2H3,(H,22,24)/t21-/m1/s1. The predicted molar refractivity (Wildman–Crippen MR) is 102 cm³/mol. The van der Waals surface area contributed by atoms with Gasteiger partial charge < -0.3 is 10.1 Å². The summed E-state index contributed by atoms with van der Waals surface area (Å²) in [5.41, 5.74) is 3.42. The Morgan fingerprint density at radius 2 is 1.65 bits per heavy atom. The molecule has 26 heavy (non-hydrogen) atoms. The summed E-state index contributed by atoms with van der Waals surface area (Å²) in [6, 6.07) is 18.3. The number of carbonyl (C=O) groups excluding carboxylic acids is 2. The molecule has 0 bridgehead atoms. The number of amides is 1. The van der Waals surface area contributed by atoms with Gasteiger partial charge in [-0.15, -0.1) is 0 Å². The predicted octanol–water partition coefficient (Wildman–Crippen LogP) is 2.74. The number of hydrogen-bond acceptors (Lipinski definition) is 4. The largest absolute Gasteiger partial charge is 0.469 e. The molecule has 0 spiro atoms. The van der Waals surface area contributed by atoms with Crippen molar-refractivity contribution >= 4 is 11.9 Å². The first-order chi connectivity index (χ1) is 12.6. The van der Waals surface area contributed by atoms with E-state index in [1.54, 1.807) is 0 Å². The molecule has 0 radical (unpaired) electrons. The van der Waals surface area contributed by atoms with E-state index in [1.807, 2.05) is 30.3 Å². The number of hydrogen-bond donors (Lipinski definition) is 2. The third-order valence-electron chi connectivity index (χ3n) is 4.12. The summed E-state index contributed by atoms with van der Waals surface area (Å²) in [5, 5.41) is 6.15. The number of benzene rings is 2. The fraction of sp³-hybridized carbons (Fsp3) is 0.333. The van der Waals surface area contributed by atoms with E-state index in [1.165, 1.54) is 12.7 Å². The highest BCUT2D eigenvalue weighted by Crippen LogP contribution is 2.22. The SMILES string of the molecule is COC(=O)CCCNC(=O)CN[C@H](c1ccccc1)c1ccc(C)cc1. The molecule has 0 saturated carbocycles. The molecule has 138 valence electrons. The molecule has 0 aliphatic heterocycles. The summed E-state index contributed by atoms with van der Waals surface area (Å²) >= 11 is 0. The third kappa shape index (κ3) is 6.33. The van der Waals surface area contributed by atoms with Crippen LogP contribution in [0.4, 0.5) is 0 Å². The van der Waals surface area contributed by atoms with Crippen LogP contribution in [0, 0.1) is 6.92 Å². The zero-order valence-electron chi connectivity index (χ0n) is 15.3. The second-order valence-corrected chi connectivity index (χ2v) is 6.16. The topological polar surface area (TPSA) is 67.4 Å². The van der Waals surface area contributed by atoms with E-state index in [2.05, 4.69) is 46.6 Å². The van der Waals surface area contributed by atoms with Gasteiger partial charge in [0.2, 0.25) is 5.91 Å². The Morgan fingerprint density at radius 3 is 2.31 bits per heavy atom. The average Bonchev–Trinajstić information content (AvgIpc) is 2.67. The van der Waals surface area contributed by atoms with Gasteiger partial charge in [-0.25, -0.2) is 0 Å². The molecule has 1 amide bonds. The lowest BCUT2D eigenvalue weighted by molar-refractivity contribution is -0.140. The molecule has 0 saturated heterocycles. The van der Waals surface area contributed by atoms with E-state index in [9.17, 15) is 9.59 Å². The Labute approximate surface area is 154 Å². The number of ether oxygens (including phenoxy) is 1. The van der Waals surface area contributed by atoms with Crippen molar-refractivity contribution in [3.63, 3.8) is 0 Å². The fourth-order valence-electron chi connectivity index (χ4n) is 2.65. The van der Waals surface area contributed by atoms with Gasteiger partial charge in [-0.2, -0.15) is 0 Å². The molecule has 0 aromatic heterocycles. The summed E-state index contributed by atoms with van der Waals surface area (Å²) in [5.74, 6) is -0.358. The average molecular weight is 354 g/mol. The van der Waals surface area contributed by atoms with Crippen LogP contribution in [0.15, 0.2) is 54.6 Å². The zero-order chi connectivity index (χ0) is 18.8. The van der Waals surface area contributed by atoms with Crippen LogP contribution in [0.25, 0.3) is 0 Å². The zero-order valence-corrected chi connectivity index (χ0v) is 15.3. The van der Waals surface area contributed by atoms with E-state index in [0.29, 0.717) is 19.4 Å². The van der Waals surface area contributed by atoms with Crippen molar-refractivity contribution in [3.8, 4) is 0 Å². The molecule has 2 aromatic carbocycles. The maximum Gasteiger partial charge on any atom is 0.305 e. The highest BCUT2D eigenvalue weighted by Gasteiger charge is 2.14. The lowest BCUT2D eigenvalue weighted by Crippen LogP contribution is -2.36. The van der Waals surface area contributed by atoms with Gasteiger partial charge in [0.05, 0.1) is 19.7 Å². The van der Waals surface area contributed by atoms with Gasteiger partial charge in [-0.05, 0) is 24.5 Å². The summed E-state index contributed by atoms with van der Waals surface area (Å²) in [6.07, 6.45) is 0.874. The fourth-order valence-corrected chi connectivity index (χ4v) is 2.65. The highest BCUT2D eigenvalue weighted by atomic mass is 16.5. The van der Waals surface area contributed by atoms with Crippen molar-refractivity contribution in [1.82, 2.24) is 10.6 Å². The summed E-state index contributed by atoms with van der Waals surface area (Å²) in [4.78, 5) is 23.2. The highest BCUT2D eigenvalue weighted by molar-refractivity contribution is 5.78. The number of methoxy groups -OCH3 is 1. The molecule has 0 fully saturated rings. The number of aryl methyl sites for hydroxylation is 1. The normalized spacial score (nSPS) is 11.6. The van der Waals surface area contributed by atoms with Crippen LogP contribution in [0.1, 0.15) is 35.6 Å². The van der Waals surface area contributed by atoms with Crippen LogP contribution < -0.4 is 10.6 Å². The lowest BCUT2D eigenvalue weighted by Gasteiger charge is -2.20. The second-order valence-electron chi connectivity index (χ2n) is 6.16. The molecule has 2 rings (SSSR count). The second kappa shape index (κ2) is 10.4. The molecular weight excluding hydrogens is 328 g/mol. The van der Waals surface area contributed by atoms with Crippen LogP contribution in [0.3, 0.4) is 0 Å². The van der Waals surface area contributed by atoms with Crippen LogP contribution in [0.5, 0.6) is 0 Å². The van der Waals surface area contributed by atoms with Gasteiger partial charge in [0.1, 0.15) is 0 Å². The molecule has 5 nitrogen and oxygen atoms in total. The smallest absolute Gasteiger partial charge is 0.305 e. The van der Waals surface area contributed by atoms with E-state index < -0.39 is 0 Å². The number of esters is 1. The molecule has 0 aliphatic rings. The Kier molecular flexibility index (Phi) is 7.83. The van der Waals surface area contributed by atoms with Crippen molar-refractivity contribution in [3.05, 3.63) is 71.3 Å². The van der Waals surface area contributed by atoms with Crippen molar-refractivity contribution in [2.24, 2.45) is 0 Å². The Morgan fingerprint density at radius 1 is 1.00 bits per heavy atom. The maximum atomic E-state index is 12.1. The molecule has 2 aromatic rings. The van der Waals surface area contributed by atoms with E-state index in [4.69, 9.17) is 0 Å². The Bertz CT molecular complexity index is 699. The van der Waals surface area contributed by atoms with Crippen molar-refractivity contribution < 1.29 is 14.3 Å². The molecular formula is C21H26N2O3. The third-order valence-corrected chi connectivity index (χ3v) is 4.12. The van der Waals surface area contributed by atoms with Gasteiger partial charge in [-0.3, -0.25) is 14.9 Å². The first-order valence-electron chi connectivity index (χ1n) is 8.78. The number of carbonyl (C=O) groups is 2. The lowest BCUT2D eigenvalue weighted by atomic mass is 9.98. The molecule has 5 heteroatoms. The van der Waals surface area contributed by atoms with Crippen molar-refractivity contribution in [1.29, 1.82) is 0 Å². The van der Waals surface area contributed by atoms with Crippen molar-refractivity contribution in [2.75, 3.05) is 20.2 Å². The minimum absolute atomic E-state index is 0.0578.